The summed E-state index contributed by atoms with van der Waals surface area (Å²) in [5.41, 5.74) is 4.90. The molecule has 1 nitrogen and oxygen atoms in total. The molecule has 0 aromatic rings. The zero-order chi connectivity index (χ0) is 9.97. The van der Waals surface area contributed by atoms with Crippen LogP contribution in [0.25, 0.3) is 0 Å². The highest BCUT2D eigenvalue weighted by atomic mass is 32.1. The van der Waals surface area contributed by atoms with Crippen LogP contribution >= 0.6 is 12.6 Å². The van der Waals surface area contributed by atoms with Gasteiger partial charge in [0.05, 0.1) is 6.04 Å². The Labute approximate surface area is 92.2 Å². The number of rotatable bonds is 1. The quantitative estimate of drug-likeness (QED) is 0.621. The van der Waals surface area contributed by atoms with Crippen molar-refractivity contribution >= 4 is 12.6 Å². The maximum Gasteiger partial charge on any atom is 0.0872 e. The average Bonchev–Trinajstić information content (AvgIpc) is 1.98. The van der Waals surface area contributed by atoms with E-state index in [1.54, 1.807) is 0 Å². The molecule has 0 heterocycles. The summed E-state index contributed by atoms with van der Waals surface area (Å²) >= 11 is 4.97. The van der Waals surface area contributed by atoms with Crippen molar-refractivity contribution in [2.24, 2.45) is 17.3 Å². The largest absolute Gasteiger partial charge is 0.355 e. The minimum atomic E-state index is 0.399. The van der Waals surface area contributed by atoms with Crippen LogP contribution in [0.15, 0.2) is 0 Å². The van der Waals surface area contributed by atoms with Crippen LogP contribution in [0.1, 0.15) is 45.4 Å². The summed E-state index contributed by atoms with van der Waals surface area (Å²) in [7, 11) is 0. The van der Waals surface area contributed by atoms with Crippen LogP contribution in [0.3, 0.4) is 0 Å². The van der Waals surface area contributed by atoms with E-state index in [-0.39, 0.29) is 0 Å². The number of quaternary nitrogens is 1. The van der Waals surface area contributed by atoms with E-state index in [0.717, 1.165) is 11.8 Å². The zero-order valence-corrected chi connectivity index (χ0v) is 10.0. The number of hydrogen-bond donors (Lipinski definition) is 2. The van der Waals surface area contributed by atoms with Crippen LogP contribution in [0.2, 0.25) is 0 Å². The second-order valence-corrected chi connectivity index (χ2v) is 7.40. The lowest BCUT2D eigenvalue weighted by molar-refractivity contribution is -0.451. The second-order valence-electron chi connectivity index (χ2n) is 6.45. The van der Waals surface area contributed by atoms with Gasteiger partial charge in [0.1, 0.15) is 0 Å². The molecule has 80 valence electrons. The van der Waals surface area contributed by atoms with Crippen LogP contribution in [0.5, 0.6) is 0 Å². The van der Waals surface area contributed by atoms with Gasteiger partial charge in [-0.05, 0) is 57.3 Å². The van der Waals surface area contributed by atoms with Crippen molar-refractivity contribution in [2.45, 2.75) is 56.2 Å². The van der Waals surface area contributed by atoms with Gasteiger partial charge >= 0.3 is 0 Å². The third-order valence-corrected chi connectivity index (χ3v) is 5.64. The molecule has 0 unspecified atom stereocenters. The van der Waals surface area contributed by atoms with Crippen LogP contribution in [-0.4, -0.2) is 10.8 Å². The van der Waals surface area contributed by atoms with Crippen molar-refractivity contribution in [3.8, 4) is 0 Å². The van der Waals surface area contributed by atoms with Gasteiger partial charge in [0, 0.05) is 10.2 Å². The van der Waals surface area contributed by atoms with Gasteiger partial charge in [-0.15, -0.1) is 0 Å². The van der Waals surface area contributed by atoms with Gasteiger partial charge in [0.2, 0.25) is 0 Å². The summed E-state index contributed by atoms with van der Waals surface area (Å²) < 4.78 is 0.399. The summed E-state index contributed by atoms with van der Waals surface area (Å²) in [5.74, 6) is 1.97. The molecule has 4 fully saturated rings. The van der Waals surface area contributed by atoms with Crippen LogP contribution < -0.4 is 5.73 Å². The Hall–Kier alpha value is 0.310. The predicted octanol–water partition coefficient (Wildman–Crippen LogP) is 1.89. The summed E-state index contributed by atoms with van der Waals surface area (Å²) in [6.45, 7) is 2.32. The highest BCUT2D eigenvalue weighted by Gasteiger charge is 2.58. The Balaban J connectivity index is 1.96. The molecule has 0 aliphatic heterocycles. The minimum absolute atomic E-state index is 0.399. The molecule has 2 heteroatoms. The van der Waals surface area contributed by atoms with Crippen molar-refractivity contribution in [3.05, 3.63) is 0 Å². The molecular weight excluding hydrogens is 190 g/mol. The van der Waals surface area contributed by atoms with Crippen molar-refractivity contribution in [3.63, 3.8) is 0 Å². The first kappa shape index (κ1) is 9.53. The van der Waals surface area contributed by atoms with Crippen molar-refractivity contribution in [1.29, 1.82) is 0 Å². The molecule has 0 spiro atoms. The van der Waals surface area contributed by atoms with Crippen LogP contribution in [-0.2, 0) is 0 Å². The van der Waals surface area contributed by atoms with Crippen molar-refractivity contribution in [1.82, 2.24) is 0 Å². The van der Waals surface area contributed by atoms with E-state index in [9.17, 15) is 0 Å². The Morgan fingerprint density at radius 2 is 1.79 bits per heavy atom. The molecule has 3 atom stereocenters. The van der Waals surface area contributed by atoms with Gasteiger partial charge in [-0.1, -0.05) is 0 Å². The molecule has 4 bridgehead atoms. The van der Waals surface area contributed by atoms with Gasteiger partial charge in [0.15, 0.2) is 0 Å². The summed E-state index contributed by atoms with van der Waals surface area (Å²) in [6, 6.07) is 0.625. The number of hydrogen-bond acceptors (Lipinski definition) is 1. The monoisotopic (exact) mass is 212 g/mol. The topological polar surface area (TPSA) is 27.6 Å². The molecule has 0 radical (unpaired) electrons. The van der Waals surface area contributed by atoms with Crippen molar-refractivity contribution in [2.75, 3.05) is 0 Å². The second kappa shape index (κ2) is 2.70. The standard InChI is InChI=1S/C12H21NS/c1-8(13)11-3-9-2-10(4-11)6-12(14,5-9)7-11/h8-10,14H,2-7,13H2,1H3/p+1/t8-,9-,10-,11?,12?/m0/s1. The maximum atomic E-state index is 4.97. The molecule has 4 aliphatic carbocycles. The van der Waals surface area contributed by atoms with Gasteiger partial charge in [-0.3, -0.25) is 0 Å². The lowest BCUT2D eigenvalue weighted by Gasteiger charge is -2.61. The van der Waals surface area contributed by atoms with E-state index >= 15 is 0 Å². The highest BCUT2D eigenvalue weighted by molar-refractivity contribution is 7.81. The third-order valence-electron chi connectivity index (χ3n) is 5.12. The third kappa shape index (κ3) is 1.19. The minimum Gasteiger partial charge on any atom is -0.355 e. The van der Waals surface area contributed by atoms with E-state index in [1.807, 2.05) is 0 Å². The molecule has 0 aromatic heterocycles. The van der Waals surface area contributed by atoms with Crippen LogP contribution in [0, 0.1) is 17.3 Å². The fourth-order valence-corrected chi connectivity index (χ4v) is 5.69. The molecule has 14 heavy (non-hydrogen) atoms. The summed E-state index contributed by atoms with van der Waals surface area (Å²) in [5, 5.41) is 0. The Morgan fingerprint density at radius 1 is 1.21 bits per heavy atom. The first-order chi connectivity index (χ1) is 6.51. The molecule has 3 N–H and O–H groups in total. The molecule has 4 saturated carbocycles. The molecule has 4 aliphatic rings. The lowest BCUT2D eigenvalue weighted by atomic mass is 9.47. The zero-order valence-electron chi connectivity index (χ0n) is 9.13. The Morgan fingerprint density at radius 3 is 2.21 bits per heavy atom. The van der Waals surface area contributed by atoms with Gasteiger partial charge in [-0.2, -0.15) is 12.6 Å². The van der Waals surface area contributed by atoms with Crippen LogP contribution in [0.4, 0.5) is 0 Å². The molecule has 0 amide bonds. The molecule has 0 aromatic carbocycles. The first-order valence-corrected chi connectivity index (χ1v) is 6.52. The predicted molar refractivity (Wildman–Crippen MR) is 61.2 cm³/mol. The molecular formula is C12H22NS+. The van der Waals surface area contributed by atoms with Crippen molar-refractivity contribution < 1.29 is 5.73 Å². The fraction of sp³-hybridized carbons (Fsp3) is 1.00. The molecule has 4 rings (SSSR count). The first-order valence-electron chi connectivity index (χ1n) is 6.07. The molecule has 0 saturated heterocycles. The Bertz CT molecular complexity index is 247. The van der Waals surface area contributed by atoms with E-state index < -0.39 is 0 Å². The highest BCUT2D eigenvalue weighted by Crippen LogP contribution is 2.64. The summed E-state index contributed by atoms with van der Waals surface area (Å²) in [4.78, 5) is 0. The van der Waals surface area contributed by atoms with E-state index in [4.69, 9.17) is 12.6 Å². The van der Waals surface area contributed by atoms with E-state index in [1.165, 1.54) is 38.5 Å². The van der Waals surface area contributed by atoms with E-state index in [0.29, 0.717) is 16.2 Å². The Kier molecular flexibility index (Phi) is 1.84. The smallest absolute Gasteiger partial charge is 0.0872 e. The number of thiol groups is 1. The fourth-order valence-electron chi connectivity index (χ4n) is 4.86. The summed E-state index contributed by atoms with van der Waals surface area (Å²) in [6.07, 6.45) is 8.53. The maximum absolute atomic E-state index is 4.97. The van der Waals surface area contributed by atoms with Gasteiger partial charge in [0.25, 0.3) is 0 Å². The van der Waals surface area contributed by atoms with Gasteiger partial charge in [-0.25, -0.2) is 0 Å². The normalized spacial score (nSPS) is 57.6. The SMILES string of the molecule is C[C@H]([NH3+])C12C[C@@H]3C[C@H](CC(S)(C3)C1)C2. The van der Waals surface area contributed by atoms with E-state index in [2.05, 4.69) is 12.7 Å². The lowest BCUT2D eigenvalue weighted by Crippen LogP contribution is -2.71. The average molecular weight is 212 g/mol. The van der Waals surface area contributed by atoms with Gasteiger partial charge < -0.3 is 5.73 Å².